The summed E-state index contributed by atoms with van der Waals surface area (Å²) in [7, 11) is 1.76. The summed E-state index contributed by atoms with van der Waals surface area (Å²) in [5, 5.41) is 28.0. The van der Waals surface area contributed by atoms with Crippen LogP contribution in [0.2, 0.25) is 0 Å². The number of ether oxygens (including phenoxy) is 1. The van der Waals surface area contributed by atoms with Crippen molar-refractivity contribution < 1.29 is 29.3 Å². The fourth-order valence-corrected chi connectivity index (χ4v) is 6.79. The van der Waals surface area contributed by atoms with E-state index < -0.39 is 42.0 Å². The van der Waals surface area contributed by atoms with Gasteiger partial charge in [-0.25, -0.2) is 0 Å². The number of likely N-dealkylation sites (N-methyl/N-ethyl adjacent to an activating group) is 1. The second kappa shape index (κ2) is 21.2. The minimum absolute atomic E-state index is 0.00572. The first-order chi connectivity index (χ1) is 23.1. The molecule has 0 spiro atoms. The Morgan fingerprint density at radius 1 is 1.04 bits per heavy atom. The average molecular weight is 669 g/mol. The lowest BCUT2D eigenvalue weighted by atomic mass is 9.82. The third-order valence-electron chi connectivity index (χ3n) is 9.77. The van der Waals surface area contributed by atoms with Crippen molar-refractivity contribution in [3.63, 3.8) is 0 Å². The number of hydrogen-bond acceptors (Lipinski definition) is 7. The normalized spacial score (nSPS) is 19.0. The molecular weight excluding hydrogens is 608 g/mol. The molecule has 10 heteroatoms. The van der Waals surface area contributed by atoms with Gasteiger partial charge in [0, 0.05) is 46.1 Å². The molecule has 3 unspecified atom stereocenters. The van der Waals surface area contributed by atoms with Crippen molar-refractivity contribution in [3.05, 3.63) is 35.9 Å². The minimum atomic E-state index is -1.14. The number of terminal acetylenes is 1. The highest BCUT2D eigenvalue weighted by molar-refractivity contribution is 5.91. The minimum Gasteiger partial charge on any atom is -0.390 e. The summed E-state index contributed by atoms with van der Waals surface area (Å²) in [6, 6.07) is 7.93. The summed E-state index contributed by atoms with van der Waals surface area (Å²) < 4.78 is 5.42. The van der Waals surface area contributed by atoms with Gasteiger partial charge < -0.3 is 30.5 Å². The van der Waals surface area contributed by atoms with Gasteiger partial charge >= 0.3 is 0 Å². The van der Waals surface area contributed by atoms with Crippen LogP contribution >= 0.6 is 0 Å². The van der Waals surface area contributed by atoms with Crippen LogP contribution < -0.4 is 10.6 Å². The molecule has 5 atom stereocenters. The van der Waals surface area contributed by atoms with Gasteiger partial charge in [0.1, 0.15) is 12.1 Å². The molecule has 10 nitrogen and oxygen atoms in total. The van der Waals surface area contributed by atoms with Crippen molar-refractivity contribution in [1.29, 1.82) is 0 Å². The molecule has 1 aliphatic heterocycles. The Morgan fingerprint density at radius 2 is 1.73 bits per heavy atom. The van der Waals surface area contributed by atoms with Crippen LogP contribution in [0.1, 0.15) is 83.6 Å². The van der Waals surface area contributed by atoms with E-state index in [4.69, 9.17) is 11.2 Å². The van der Waals surface area contributed by atoms with E-state index in [9.17, 15) is 24.6 Å². The van der Waals surface area contributed by atoms with Gasteiger partial charge in [-0.05, 0) is 43.1 Å². The molecule has 2 fully saturated rings. The predicted octanol–water partition coefficient (Wildman–Crippen LogP) is 3.15. The Hall–Kier alpha value is -2.97. The zero-order valence-corrected chi connectivity index (χ0v) is 29.4. The van der Waals surface area contributed by atoms with Gasteiger partial charge in [-0.3, -0.25) is 19.3 Å². The zero-order valence-electron chi connectivity index (χ0n) is 29.4. The Kier molecular flexibility index (Phi) is 17.4. The zero-order chi connectivity index (χ0) is 34.9. The highest BCUT2D eigenvalue weighted by Crippen LogP contribution is 2.29. The van der Waals surface area contributed by atoms with Gasteiger partial charge in [0.2, 0.25) is 17.7 Å². The molecule has 1 saturated carbocycles. The van der Waals surface area contributed by atoms with Crippen molar-refractivity contribution in [2.45, 2.75) is 109 Å². The van der Waals surface area contributed by atoms with Gasteiger partial charge in [0.25, 0.3) is 0 Å². The van der Waals surface area contributed by atoms with Crippen LogP contribution in [-0.4, -0.2) is 108 Å². The van der Waals surface area contributed by atoms with E-state index in [1.54, 1.807) is 11.9 Å². The smallest absolute Gasteiger partial charge is 0.242 e. The van der Waals surface area contributed by atoms with Crippen molar-refractivity contribution in [2.24, 2.45) is 17.8 Å². The highest BCUT2D eigenvalue weighted by Gasteiger charge is 2.34. The average Bonchev–Trinajstić information content (AvgIpc) is 3.08. The molecule has 3 amide bonds. The van der Waals surface area contributed by atoms with Crippen molar-refractivity contribution in [2.75, 3.05) is 46.4 Å². The molecular formula is C38H60N4O6. The van der Waals surface area contributed by atoms with Gasteiger partial charge in [-0.1, -0.05) is 76.3 Å². The standard InChI is InChI=1S/C38H60N4O6/c1-5-6-17-32(38(47)40-33(26-30-15-11-8-12-16-30)36(45)34(43)24-28(2)3)39-37(46)31(25-29-13-9-7-10-14-29)27-35(44)41(4)18-19-42-20-22-48-23-21-42/h1,7,9-10,13-14,28,30-34,36,43,45H,6,8,11-12,15-27H2,2-4H3,(H,39,46)(H,40,47)/t31?,32-,33?,34-,36?/m0/s1. The van der Waals surface area contributed by atoms with Gasteiger partial charge in [0.15, 0.2) is 0 Å². The molecule has 1 aromatic rings. The number of carbonyl (C=O) groups excluding carboxylic acids is 3. The van der Waals surface area contributed by atoms with E-state index in [0.717, 1.165) is 50.9 Å². The number of nitrogens with zero attached hydrogens (tertiary/aromatic N) is 2. The summed E-state index contributed by atoms with van der Waals surface area (Å²) in [5.41, 5.74) is 0.917. The maximum absolute atomic E-state index is 13.9. The molecule has 48 heavy (non-hydrogen) atoms. The topological polar surface area (TPSA) is 131 Å². The SMILES string of the molecule is C#CCC[C@H](NC(=O)C(CC(=O)N(C)CCN1CCOCC1)Cc1ccccc1)C(=O)NC(CC1CCCCC1)C(O)[C@@H](O)CC(C)C. The summed E-state index contributed by atoms with van der Waals surface area (Å²) in [6.07, 6.45) is 10.7. The number of aliphatic hydroxyl groups excluding tert-OH is 2. The first kappa shape index (κ1) is 39.5. The summed E-state index contributed by atoms with van der Waals surface area (Å²) in [4.78, 5) is 45.1. The van der Waals surface area contributed by atoms with Crippen LogP contribution in [0.15, 0.2) is 30.3 Å². The quantitative estimate of drug-likeness (QED) is 0.167. The Morgan fingerprint density at radius 3 is 2.38 bits per heavy atom. The second-order valence-corrected chi connectivity index (χ2v) is 14.2. The van der Waals surface area contributed by atoms with Crippen LogP contribution in [0, 0.1) is 30.1 Å². The number of rotatable bonds is 19. The number of nitrogens with one attached hydrogen (secondary N) is 2. The van der Waals surface area contributed by atoms with Crippen LogP contribution in [0.3, 0.4) is 0 Å². The third-order valence-corrected chi connectivity index (χ3v) is 9.77. The van der Waals surface area contributed by atoms with Crippen molar-refractivity contribution in [1.82, 2.24) is 20.4 Å². The third kappa shape index (κ3) is 13.9. The summed E-state index contributed by atoms with van der Waals surface area (Å²) in [6.45, 7) is 8.26. The van der Waals surface area contributed by atoms with Crippen LogP contribution in [0.25, 0.3) is 0 Å². The van der Waals surface area contributed by atoms with Crippen LogP contribution in [0.4, 0.5) is 0 Å². The van der Waals surface area contributed by atoms with Crippen LogP contribution in [0.5, 0.6) is 0 Å². The first-order valence-corrected chi connectivity index (χ1v) is 18.1. The van der Waals surface area contributed by atoms with Crippen molar-refractivity contribution in [3.8, 4) is 12.3 Å². The van der Waals surface area contributed by atoms with E-state index in [1.807, 2.05) is 44.2 Å². The highest BCUT2D eigenvalue weighted by atomic mass is 16.5. The molecule has 0 radical (unpaired) electrons. The molecule has 1 aliphatic carbocycles. The maximum atomic E-state index is 13.9. The van der Waals surface area contributed by atoms with E-state index in [0.29, 0.717) is 44.9 Å². The Balaban J connectivity index is 1.73. The molecule has 0 aromatic heterocycles. The fourth-order valence-electron chi connectivity index (χ4n) is 6.79. The number of hydrogen-bond donors (Lipinski definition) is 4. The molecule has 1 aromatic carbocycles. The van der Waals surface area contributed by atoms with E-state index in [-0.39, 0.29) is 31.1 Å². The molecule has 1 saturated heterocycles. The molecule has 0 bridgehead atoms. The second-order valence-electron chi connectivity index (χ2n) is 14.2. The van der Waals surface area contributed by atoms with Gasteiger partial charge in [-0.2, -0.15) is 0 Å². The molecule has 1 heterocycles. The number of morpholine rings is 1. The van der Waals surface area contributed by atoms with Gasteiger partial charge in [0.05, 0.1) is 31.3 Å². The van der Waals surface area contributed by atoms with E-state index in [1.165, 1.54) is 6.42 Å². The molecule has 268 valence electrons. The fraction of sp³-hybridized carbons (Fsp3) is 0.711. The lowest BCUT2D eigenvalue weighted by molar-refractivity contribution is -0.137. The van der Waals surface area contributed by atoms with Crippen LogP contribution in [-0.2, 0) is 25.5 Å². The Bertz CT molecular complexity index is 1150. The molecule has 4 N–H and O–H groups in total. The van der Waals surface area contributed by atoms with E-state index >= 15 is 0 Å². The maximum Gasteiger partial charge on any atom is 0.242 e. The summed E-state index contributed by atoms with van der Waals surface area (Å²) >= 11 is 0. The number of amides is 3. The summed E-state index contributed by atoms with van der Waals surface area (Å²) in [5.74, 6) is 1.40. The van der Waals surface area contributed by atoms with Crippen molar-refractivity contribution >= 4 is 17.7 Å². The first-order valence-electron chi connectivity index (χ1n) is 18.1. The van der Waals surface area contributed by atoms with Gasteiger partial charge in [-0.15, -0.1) is 12.3 Å². The van der Waals surface area contributed by atoms with E-state index in [2.05, 4.69) is 21.5 Å². The molecule has 3 rings (SSSR count). The Labute approximate surface area is 288 Å². The lowest BCUT2D eigenvalue weighted by Gasteiger charge is -2.34. The predicted molar refractivity (Wildman–Crippen MR) is 188 cm³/mol. The number of carbonyl (C=O) groups is 3. The monoisotopic (exact) mass is 668 g/mol. The lowest BCUT2D eigenvalue weighted by Crippen LogP contribution is -2.56. The number of benzene rings is 1. The molecule has 2 aliphatic rings. The largest absolute Gasteiger partial charge is 0.390 e. The number of aliphatic hydroxyl groups is 2.